The minimum Gasteiger partial charge on any atom is -0.490 e. The topological polar surface area (TPSA) is 60.0 Å². The number of para-hydroxylation sites is 1. The summed E-state index contributed by atoms with van der Waals surface area (Å²) in [4.78, 5) is 4.32. The van der Waals surface area contributed by atoms with Gasteiger partial charge in [-0.25, -0.2) is 9.37 Å². The fourth-order valence-electron chi connectivity index (χ4n) is 1.94. The Kier molecular flexibility index (Phi) is 6.14. The van der Waals surface area contributed by atoms with Gasteiger partial charge in [0.1, 0.15) is 12.4 Å². The molecule has 2 aromatic carbocycles. The Labute approximate surface area is 153 Å². The molecule has 0 atom stereocenters. The molecule has 0 unspecified atom stereocenters. The number of hydrogen-bond donors (Lipinski definition) is 1. The van der Waals surface area contributed by atoms with Crippen molar-refractivity contribution >= 4 is 23.4 Å². The summed E-state index contributed by atoms with van der Waals surface area (Å²) in [6.45, 7) is 0.637. The fourth-order valence-corrected chi connectivity index (χ4v) is 2.70. The van der Waals surface area contributed by atoms with Gasteiger partial charge in [-0.1, -0.05) is 35.5 Å². The van der Waals surface area contributed by atoms with Crippen LogP contribution in [-0.2, 0) is 6.61 Å². The van der Waals surface area contributed by atoms with Crippen LogP contribution < -0.4 is 9.47 Å². The molecule has 5 nitrogen and oxygen atoms in total. The highest BCUT2D eigenvalue weighted by Gasteiger charge is 2.06. The van der Waals surface area contributed by atoms with E-state index in [0.717, 1.165) is 0 Å². The molecule has 0 saturated carbocycles. The van der Waals surface area contributed by atoms with E-state index in [1.807, 2.05) is 0 Å². The Balaban J connectivity index is 1.41. The van der Waals surface area contributed by atoms with Gasteiger partial charge in [-0.2, -0.15) is 0 Å². The maximum absolute atomic E-state index is 13.4. The van der Waals surface area contributed by atoms with Crippen LogP contribution in [0.1, 0.15) is 5.82 Å². The van der Waals surface area contributed by atoms with Crippen molar-refractivity contribution in [2.75, 3.05) is 12.4 Å². The van der Waals surface area contributed by atoms with Crippen LogP contribution >= 0.6 is 23.4 Å². The van der Waals surface area contributed by atoms with Gasteiger partial charge >= 0.3 is 0 Å². The van der Waals surface area contributed by atoms with E-state index in [4.69, 9.17) is 21.1 Å². The predicted molar refractivity (Wildman–Crippen MR) is 94.8 cm³/mol. The molecule has 0 aliphatic rings. The molecule has 3 rings (SSSR count). The summed E-state index contributed by atoms with van der Waals surface area (Å²) in [7, 11) is 0. The minimum atomic E-state index is -0.368. The number of nitrogens with zero attached hydrogens (tertiary/aromatic N) is 2. The van der Waals surface area contributed by atoms with Crippen molar-refractivity contribution in [3.8, 4) is 11.5 Å². The Bertz CT molecular complexity index is 814. The highest BCUT2D eigenvalue weighted by atomic mass is 35.5. The summed E-state index contributed by atoms with van der Waals surface area (Å²) in [6.07, 6.45) is 0. The largest absolute Gasteiger partial charge is 0.490 e. The van der Waals surface area contributed by atoms with Gasteiger partial charge in [-0.05, 0) is 36.4 Å². The lowest BCUT2D eigenvalue weighted by atomic mass is 10.3. The van der Waals surface area contributed by atoms with Crippen molar-refractivity contribution in [1.29, 1.82) is 0 Å². The zero-order valence-corrected chi connectivity index (χ0v) is 14.7. The maximum atomic E-state index is 13.4. The van der Waals surface area contributed by atoms with Crippen LogP contribution in [0.15, 0.2) is 53.7 Å². The predicted octanol–water partition coefficient (Wildman–Crippen LogP) is 4.35. The van der Waals surface area contributed by atoms with E-state index in [1.54, 1.807) is 42.5 Å². The van der Waals surface area contributed by atoms with Gasteiger partial charge in [0.25, 0.3) is 0 Å². The van der Waals surface area contributed by atoms with E-state index in [9.17, 15) is 4.39 Å². The van der Waals surface area contributed by atoms with Gasteiger partial charge in [-0.3, -0.25) is 5.10 Å². The Morgan fingerprint density at radius 2 is 1.88 bits per heavy atom. The molecule has 1 N–H and O–H groups in total. The van der Waals surface area contributed by atoms with Gasteiger partial charge < -0.3 is 9.47 Å². The Hall–Kier alpha value is -2.25. The molecule has 25 heavy (non-hydrogen) atoms. The number of benzene rings is 2. The molecule has 1 aromatic heterocycles. The Morgan fingerprint density at radius 3 is 2.68 bits per heavy atom. The number of aromatic amines is 1. The van der Waals surface area contributed by atoms with Crippen molar-refractivity contribution < 1.29 is 13.9 Å². The summed E-state index contributed by atoms with van der Waals surface area (Å²) in [6, 6.07) is 13.4. The molecule has 8 heteroatoms. The van der Waals surface area contributed by atoms with Gasteiger partial charge in [0.15, 0.2) is 17.4 Å². The molecule has 0 saturated heterocycles. The Morgan fingerprint density at radius 1 is 1.08 bits per heavy atom. The first kappa shape index (κ1) is 17.6. The lowest BCUT2D eigenvalue weighted by Gasteiger charge is -2.05. The second kappa shape index (κ2) is 8.73. The monoisotopic (exact) mass is 379 g/mol. The zero-order valence-electron chi connectivity index (χ0n) is 13.1. The fraction of sp³-hybridized carbons (Fsp3) is 0.176. The molecule has 0 radical (unpaired) electrons. The van der Waals surface area contributed by atoms with E-state index in [0.29, 0.717) is 34.1 Å². The van der Waals surface area contributed by atoms with E-state index >= 15 is 0 Å². The number of H-pyrrole nitrogens is 1. The van der Waals surface area contributed by atoms with Gasteiger partial charge in [0, 0.05) is 10.8 Å². The third-order valence-electron chi connectivity index (χ3n) is 3.11. The summed E-state index contributed by atoms with van der Waals surface area (Å²) >= 11 is 7.24. The zero-order chi connectivity index (χ0) is 17.5. The molecular formula is C17H15ClFN3O2S. The van der Waals surface area contributed by atoms with Crippen LogP contribution in [0, 0.1) is 5.82 Å². The first-order valence-electron chi connectivity index (χ1n) is 7.50. The van der Waals surface area contributed by atoms with Crippen molar-refractivity contribution in [2.24, 2.45) is 0 Å². The van der Waals surface area contributed by atoms with Crippen LogP contribution in [0.25, 0.3) is 0 Å². The van der Waals surface area contributed by atoms with Gasteiger partial charge in [-0.15, -0.1) is 5.10 Å². The third-order valence-corrected chi connectivity index (χ3v) is 4.17. The van der Waals surface area contributed by atoms with E-state index in [2.05, 4.69) is 15.2 Å². The normalized spacial score (nSPS) is 10.6. The summed E-state index contributed by atoms with van der Waals surface area (Å²) in [5.74, 6) is 1.80. The second-order valence-electron chi connectivity index (χ2n) is 4.93. The first-order valence-corrected chi connectivity index (χ1v) is 8.87. The summed E-state index contributed by atoms with van der Waals surface area (Å²) < 4.78 is 24.4. The van der Waals surface area contributed by atoms with Gasteiger partial charge in [0.05, 0.1) is 6.61 Å². The van der Waals surface area contributed by atoms with Crippen LogP contribution in [0.2, 0.25) is 5.02 Å². The van der Waals surface area contributed by atoms with Gasteiger partial charge in [0.2, 0.25) is 5.16 Å². The molecule has 0 bridgehead atoms. The molecule has 0 aliphatic carbocycles. The maximum Gasteiger partial charge on any atom is 0.208 e. The third kappa shape index (κ3) is 5.37. The van der Waals surface area contributed by atoms with Crippen molar-refractivity contribution in [3.63, 3.8) is 0 Å². The molecule has 0 aliphatic heterocycles. The van der Waals surface area contributed by atoms with E-state index < -0.39 is 0 Å². The highest BCUT2D eigenvalue weighted by Crippen LogP contribution is 2.18. The standard InChI is InChI=1S/C17H15ClFN3O2S/c18-12-5-7-13(8-6-12)24-11-16-20-17(22-21-16)25-10-9-23-15-4-2-1-3-14(15)19/h1-8H,9-11H2,(H,20,21,22). The molecular weight excluding hydrogens is 365 g/mol. The average Bonchev–Trinajstić information content (AvgIpc) is 3.07. The number of nitrogens with one attached hydrogen (secondary N) is 1. The van der Waals surface area contributed by atoms with Crippen LogP contribution in [0.5, 0.6) is 11.5 Å². The summed E-state index contributed by atoms with van der Waals surface area (Å²) in [5, 5.41) is 8.17. The minimum absolute atomic E-state index is 0.246. The van der Waals surface area contributed by atoms with Crippen molar-refractivity contribution in [2.45, 2.75) is 11.8 Å². The lowest BCUT2D eigenvalue weighted by Crippen LogP contribution is -2.01. The van der Waals surface area contributed by atoms with Crippen molar-refractivity contribution in [1.82, 2.24) is 15.2 Å². The number of rotatable bonds is 8. The molecule has 1 heterocycles. The molecule has 0 amide bonds. The number of aromatic nitrogens is 3. The SMILES string of the molecule is Fc1ccccc1OCCSc1n[nH]c(COc2ccc(Cl)cc2)n1. The number of halogens is 2. The van der Waals surface area contributed by atoms with Crippen molar-refractivity contribution in [3.05, 3.63) is 65.2 Å². The highest BCUT2D eigenvalue weighted by molar-refractivity contribution is 7.99. The smallest absolute Gasteiger partial charge is 0.208 e. The molecule has 0 spiro atoms. The summed E-state index contributed by atoms with van der Waals surface area (Å²) in [5.41, 5.74) is 0. The first-order chi connectivity index (χ1) is 12.2. The molecule has 130 valence electrons. The average molecular weight is 380 g/mol. The molecule has 3 aromatic rings. The second-order valence-corrected chi connectivity index (χ2v) is 6.43. The van der Waals surface area contributed by atoms with Crippen LogP contribution in [-0.4, -0.2) is 27.5 Å². The quantitative estimate of drug-likeness (QED) is 0.466. The molecule has 0 fully saturated rings. The number of ether oxygens (including phenoxy) is 2. The number of thioether (sulfide) groups is 1. The number of hydrogen-bond acceptors (Lipinski definition) is 5. The van der Waals surface area contributed by atoms with E-state index in [1.165, 1.54) is 17.8 Å². The lowest BCUT2D eigenvalue weighted by molar-refractivity contribution is 0.296. The van der Waals surface area contributed by atoms with Crippen LogP contribution in [0.4, 0.5) is 4.39 Å². The van der Waals surface area contributed by atoms with Crippen LogP contribution in [0.3, 0.4) is 0 Å². The van der Waals surface area contributed by atoms with E-state index in [-0.39, 0.29) is 18.2 Å².